The van der Waals surface area contributed by atoms with Crippen LogP contribution in [0.25, 0.3) is 0 Å². The third-order valence-electron chi connectivity index (χ3n) is 5.28. The molecule has 0 bridgehead atoms. The third kappa shape index (κ3) is 4.38. The van der Waals surface area contributed by atoms with Crippen LogP contribution in [0.15, 0.2) is 48.5 Å². The predicted octanol–water partition coefficient (Wildman–Crippen LogP) is 3.23. The van der Waals surface area contributed by atoms with E-state index in [2.05, 4.69) is 5.32 Å². The smallest absolute Gasteiger partial charge is 0.444 e. The Kier molecular flexibility index (Phi) is 5.79. The van der Waals surface area contributed by atoms with Crippen LogP contribution in [-0.2, 0) is 27.3 Å². The third-order valence-corrected chi connectivity index (χ3v) is 5.28. The molecular formula is C21H26BNO5. The number of hydrogen-bond donors (Lipinski definition) is 2. The summed E-state index contributed by atoms with van der Waals surface area (Å²) >= 11 is 0. The Balaban J connectivity index is 1.72. The Labute approximate surface area is 166 Å². The van der Waals surface area contributed by atoms with E-state index in [9.17, 15) is 9.90 Å². The van der Waals surface area contributed by atoms with E-state index in [1.807, 2.05) is 64.1 Å². The van der Waals surface area contributed by atoms with E-state index in [1.165, 1.54) is 0 Å². The minimum Gasteiger partial charge on any atom is -0.444 e. The number of ether oxygens (including phenoxy) is 1. The fourth-order valence-electron chi connectivity index (χ4n) is 2.84. The molecule has 3 rings (SSSR count). The van der Waals surface area contributed by atoms with Crippen LogP contribution in [0.2, 0.25) is 0 Å². The van der Waals surface area contributed by atoms with Crippen LogP contribution < -0.4 is 10.8 Å². The maximum Gasteiger partial charge on any atom is 0.494 e. The van der Waals surface area contributed by atoms with E-state index < -0.39 is 24.4 Å². The lowest BCUT2D eigenvalue weighted by molar-refractivity contribution is 0.00578. The van der Waals surface area contributed by atoms with Crippen molar-refractivity contribution < 1.29 is 23.9 Å². The maximum atomic E-state index is 12.2. The van der Waals surface area contributed by atoms with E-state index in [4.69, 9.17) is 14.0 Å². The molecule has 1 aliphatic heterocycles. The van der Waals surface area contributed by atoms with Gasteiger partial charge in [-0.05, 0) is 44.8 Å². The van der Waals surface area contributed by atoms with Gasteiger partial charge >= 0.3 is 13.2 Å². The van der Waals surface area contributed by atoms with Gasteiger partial charge in [-0.25, -0.2) is 4.79 Å². The number of amides is 1. The van der Waals surface area contributed by atoms with Crippen LogP contribution in [-0.4, -0.2) is 29.5 Å². The SMILES string of the molecule is CC1(C)OB(c2ccc(CO)c(NC(=O)OCc3ccccc3)c2)OC1(C)C. The van der Waals surface area contributed by atoms with Crippen LogP contribution in [0, 0.1) is 0 Å². The summed E-state index contributed by atoms with van der Waals surface area (Å²) < 4.78 is 17.4. The number of rotatable bonds is 5. The standard InChI is InChI=1S/C21H26BNO5/c1-20(2)21(3,4)28-22(27-20)17-11-10-16(13-24)18(12-17)23-19(25)26-14-15-8-6-5-7-9-15/h5-12,24H,13-14H2,1-4H3,(H,23,25). The maximum absolute atomic E-state index is 12.2. The van der Waals surface area contributed by atoms with Crippen LogP contribution in [0.3, 0.4) is 0 Å². The highest BCUT2D eigenvalue weighted by Crippen LogP contribution is 2.36. The van der Waals surface area contributed by atoms with Crippen LogP contribution in [0.1, 0.15) is 38.8 Å². The highest BCUT2D eigenvalue weighted by Gasteiger charge is 2.51. The lowest BCUT2D eigenvalue weighted by Gasteiger charge is -2.32. The largest absolute Gasteiger partial charge is 0.494 e. The molecule has 0 spiro atoms. The molecule has 0 aliphatic carbocycles. The molecule has 0 atom stereocenters. The van der Waals surface area contributed by atoms with Gasteiger partial charge in [0.25, 0.3) is 0 Å². The quantitative estimate of drug-likeness (QED) is 0.776. The van der Waals surface area contributed by atoms with E-state index in [1.54, 1.807) is 12.1 Å². The molecule has 2 aromatic rings. The molecule has 6 nitrogen and oxygen atoms in total. The zero-order chi connectivity index (χ0) is 20.4. The molecule has 1 aliphatic rings. The molecule has 7 heteroatoms. The minimum atomic E-state index is -0.593. The molecule has 0 aromatic heterocycles. The number of nitrogens with one attached hydrogen (secondary N) is 1. The van der Waals surface area contributed by atoms with E-state index in [-0.39, 0.29) is 13.2 Å². The zero-order valence-electron chi connectivity index (χ0n) is 16.7. The summed E-state index contributed by atoms with van der Waals surface area (Å²) in [5, 5.41) is 12.3. The van der Waals surface area contributed by atoms with Crippen molar-refractivity contribution in [2.75, 3.05) is 5.32 Å². The van der Waals surface area contributed by atoms with Gasteiger partial charge in [0.2, 0.25) is 0 Å². The average Bonchev–Trinajstić information content (AvgIpc) is 2.88. The van der Waals surface area contributed by atoms with Gasteiger partial charge in [0, 0.05) is 11.3 Å². The fraction of sp³-hybridized carbons (Fsp3) is 0.381. The molecule has 1 amide bonds. The highest BCUT2D eigenvalue weighted by atomic mass is 16.7. The molecule has 1 fully saturated rings. The summed E-state index contributed by atoms with van der Waals surface area (Å²) in [6, 6.07) is 14.7. The molecule has 0 unspecified atom stereocenters. The van der Waals surface area contributed by atoms with Crippen molar-refractivity contribution in [1.82, 2.24) is 0 Å². The summed E-state index contributed by atoms with van der Waals surface area (Å²) in [5.74, 6) is 0. The van der Waals surface area contributed by atoms with Crippen molar-refractivity contribution in [1.29, 1.82) is 0 Å². The molecule has 2 N–H and O–H groups in total. The monoisotopic (exact) mass is 383 g/mol. The van der Waals surface area contributed by atoms with Crippen LogP contribution >= 0.6 is 0 Å². The number of aliphatic hydroxyl groups excluding tert-OH is 1. The summed E-state index contributed by atoms with van der Waals surface area (Å²) in [4.78, 5) is 12.2. The van der Waals surface area contributed by atoms with Crippen molar-refractivity contribution in [2.45, 2.75) is 52.1 Å². The van der Waals surface area contributed by atoms with Crippen LogP contribution in [0.4, 0.5) is 10.5 Å². The van der Waals surface area contributed by atoms with Crippen molar-refractivity contribution in [2.24, 2.45) is 0 Å². The fourth-order valence-corrected chi connectivity index (χ4v) is 2.84. The Morgan fingerprint density at radius 1 is 1.07 bits per heavy atom. The van der Waals surface area contributed by atoms with E-state index >= 15 is 0 Å². The molecular weight excluding hydrogens is 357 g/mol. The van der Waals surface area contributed by atoms with Gasteiger partial charge in [-0.1, -0.05) is 42.5 Å². The topological polar surface area (TPSA) is 77.0 Å². The van der Waals surface area contributed by atoms with Crippen molar-refractivity contribution in [3.63, 3.8) is 0 Å². The Bertz CT molecular complexity index is 822. The number of aliphatic hydroxyl groups is 1. The number of anilines is 1. The number of hydrogen-bond acceptors (Lipinski definition) is 5. The Morgan fingerprint density at radius 3 is 2.32 bits per heavy atom. The molecule has 2 aromatic carbocycles. The second-order valence-corrected chi connectivity index (χ2v) is 7.85. The van der Waals surface area contributed by atoms with Crippen molar-refractivity contribution in [3.05, 3.63) is 59.7 Å². The minimum absolute atomic E-state index is 0.165. The molecule has 0 saturated carbocycles. The number of benzene rings is 2. The van der Waals surface area contributed by atoms with E-state index in [0.29, 0.717) is 11.3 Å². The number of carbonyl (C=O) groups excluding carboxylic acids is 1. The van der Waals surface area contributed by atoms with E-state index in [0.717, 1.165) is 11.0 Å². The predicted molar refractivity (Wildman–Crippen MR) is 108 cm³/mol. The second kappa shape index (κ2) is 7.95. The van der Waals surface area contributed by atoms with Gasteiger partial charge in [0.15, 0.2) is 0 Å². The summed E-state index contributed by atoms with van der Waals surface area (Å²) in [7, 11) is -0.557. The van der Waals surface area contributed by atoms with Crippen LogP contribution in [0.5, 0.6) is 0 Å². The van der Waals surface area contributed by atoms with Gasteiger partial charge in [0.1, 0.15) is 6.61 Å². The molecule has 1 heterocycles. The molecule has 148 valence electrons. The first kappa shape index (κ1) is 20.4. The summed E-state index contributed by atoms with van der Waals surface area (Å²) in [6.45, 7) is 7.88. The molecule has 28 heavy (non-hydrogen) atoms. The van der Waals surface area contributed by atoms with Crippen molar-refractivity contribution in [3.8, 4) is 0 Å². The number of carbonyl (C=O) groups is 1. The lowest BCUT2D eigenvalue weighted by Crippen LogP contribution is -2.41. The van der Waals surface area contributed by atoms with Gasteiger partial charge in [-0.15, -0.1) is 0 Å². The van der Waals surface area contributed by atoms with Gasteiger partial charge in [-0.2, -0.15) is 0 Å². The van der Waals surface area contributed by atoms with Gasteiger partial charge in [0.05, 0.1) is 17.8 Å². The molecule has 0 radical (unpaired) electrons. The molecule has 1 saturated heterocycles. The van der Waals surface area contributed by atoms with Gasteiger partial charge in [-0.3, -0.25) is 5.32 Å². The summed E-state index contributed by atoms with van der Waals surface area (Å²) in [5.41, 5.74) is 1.77. The Morgan fingerprint density at radius 2 is 1.71 bits per heavy atom. The van der Waals surface area contributed by atoms with Crippen molar-refractivity contribution >= 4 is 24.4 Å². The highest BCUT2D eigenvalue weighted by molar-refractivity contribution is 6.62. The Hall–Kier alpha value is -2.35. The lowest BCUT2D eigenvalue weighted by atomic mass is 9.78. The average molecular weight is 383 g/mol. The first-order valence-electron chi connectivity index (χ1n) is 9.29. The first-order valence-corrected chi connectivity index (χ1v) is 9.29. The normalized spacial score (nSPS) is 17.4. The second-order valence-electron chi connectivity index (χ2n) is 7.85. The summed E-state index contributed by atoms with van der Waals surface area (Å²) in [6.07, 6.45) is -0.593. The van der Waals surface area contributed by atoms with Gasteiger partial charge < -0.3 is 19.2 Å². The first-order chi connectivity index (χ1) is 13.2. The zero-order valence-corrected chi connectivity index (χ0v) is 16.7.